The minimum absolute atomic E-state index is 0.148. The quantitative estimate of drug-likeness (QED) is 0.762. The molecule has 0 unspecified atom stereocenters. The van der Waals surface area contributed by atoms with E-state index in [1.165, 1.54) is 12.1 Å². The Balaban J connectivity index is 2.64. The Morgan fingerprint density at radius 3 is 2.33 bits per heavy atom. The number of alkyl halides is 2. The van der Waals surface area contributed by atoms with Gasteiger partial charge in [-0.2, -0.15) is 8.78 Å². The van der Waals surface area contributed by atoms with Gasteiger partial charge in [0.05, 0.1) is 0 Å². The molecule has 12 heavy (non-hydrogen) atoms. The highest BCUT2D eigenvalue weighted by Crippen LogP contribution is 2.35. The molecule has 1 nitrogen and oxygen atoms in total. The Kier molecular flexibility index (Phi) is 3.34. The summed E-state index contributed by atoms with van der Waals surface area (Å²) < 4.78 is 29.4. The summed E-state index contributed by atoms with van der Waals surface area (Å²) in [5, 5.41) is 0. The summed E-state index contributed by atoms with van der Waals surface area (Å²) in [4.78, 5) is 0. The van der Waals surface area contributed by atoms with Gasteiger partial charge in [0.25, 0.3) is 0 Å². The van der Waals surface area contributed by atoms with Gasteiger partial charge < -0.3 is 4.74 Å². The molecule has 0 aliphatic rings. The Bertz CT molecular complexity index is 242. The van der Waals surface area contributed by atoms with Crippen LogP contribution < -0.4 is 4.74 Å². The smallest absolute Gasteiger partial charge is 0.424 e. The summed E-state index contributed by atoms with van der Waals surface area (Å²) in [6.45, 7) is 0. The van der Waals surface area contributed by atoms with Gasteiger partial charge in [0.15, 0.2) is 0 Å². The largest absolute Gasteiger partial charge is 0.463 e. The summed E-state index contributed by atoms with van der Waals surface area (Å²) in [6, 6.07) is 7.93. The highest BCUT2D eigenvalue weighted by Gasteiger charge is 2.31. The van der Waals surface area contributed by atoms with Gasteiger partial charge >= 0.3 is 5.44 Å². The van der Waals surface area contributed by atoms with Crippen molar-refractivity contribution in [2.75, 3.05) is 0 Å². The van der Waals surface area contributed by atoms with Crippen LogP contribution in [0.3, 0.4) is 0 Å². The van der Waals surface area contributed by atoms with Crippen LogP contribution in [0.2, 0.25) is 0 Å². The minimum atomic E-state index is -3.22. The van der Waals surface area contributed by atoms with Gasteiger partial charge in [-0.05, 0) is 26.9 Å². The number of para-hydroxylation sites is 1. The Hall–Kier alpha value is -0.290. The van der Waals surface area contributed by atoms with Crippen LogP contribution in [0.5, 0.6) is 5.75 Å². The fourth-order valence-electron chi connectivity index (χ4n) is 0.641. The molecule has 0 aromatic heterocycles. The number of hydrogen-bond acceptors (Lipinski definition) is 2. The fraction of sp³-hybridized carbons (Fsp3) is 0.143. The predicted molar refractivity (Wildman–Crippen MR) is 48.5 cm³/mol. The van der Waals surface area contributed by atoms with Crippen molar-refractivity contribution >= 4 is 25.0 Å². The van der Waals surface area contributed by atoms with Gasteiger partial charge in [-0.1, -0.05) is 18.2 Å². The first-order chi connectivity index (χ1) is 5.64. The molecule has 0 N–H and O–H groups in total. The summed E-state index contributed by atoms with van der Waals surface area (Å²) in [7, 11) is 0.179. The maximum absolute atomic E-state index is 12.5. The zero-order valence-corrected chi connectivity index (χ0v) is 8.24. The summed E-state index contributed by atoms with van der Waals surface area (Å²) in [6.07, 6.45) is 0. The summed E-state index contributed by atoms with van der Waals surface area (Å²) in [5.41, 5.74) is -3.22. The summed E-state index contributed by atoms with van der Waals surface area (Å²) in [5.74, 6) is 0.148. The van der Waals surface area contributed by atoms with Crippen molar-refractivity contribution < 1.29 is 13.5 Å². The molecule has 0 aliphatic heterocycles. The lowest BCUT2D eigenvalue weighted by Gasteiger charge is -2.13. The van der Waals surface area contributed by atoms with E-state index in [0.717, 1.165) is 0 Å². The maximum Gasteiger partial charge on any atom is 0.463 e. The van der Waals surface area contributed by atoms with E-state index in [1.807, 2.05) is 0 Å². The fourth-order valence-corrected chi connectivity index (χ4v) is 0.967. The lowest BCUT2D eigenvalue weighted by Crippen LogP contribution is -2.17. The van der Waals surface area contributed by atoms with Crippen LogP contribution in [0.4, 0.5) is 8.78 Å². The molecule has 0 saturated carbocycles. The van der Waals surface area contributed by atoms with Crippen molar-refractivity contribution in [3.8, 4) is 5.75 Å². The SMILES string of the molecule is FC(F)(Oc1ccccc1)SBr. The van der Waals surface area contributed by atoms with E-state index in [0.29, 0.717) is 0 Å². The molecule has 1 aromatic carbocycles. The Morgan fingerprint density at radius 2 is 1.83 bits per heavy atom. The normalized spacial score (nSPS) is 11.2. The van der Waals surface area contributed by atoms with Gasteiger partial charge in [0.2, 0.25) is 0 Å². The van der Waals surface area contributed by atoms with Gasteiger partial charge in [-0.3, -0.25) is 0 Å². The second-order valence-corrected chi connectivity index (χ2v) is 3.56. The molecule has 1 aromatic rings. The molecule has 5 heteroatoms. The first-order valence-electron chi connectivity index (χ1n) is 3.06. The van der Waals surface area contributed by atoms with Crippen molar-refractivity contribution in [2.45, 2.75) is 5.44 Å². The van der Waals surface area contributed by atoms with Crippen LogP contribution in [0.1, 0.15) is 0 Å². The molecule has 0 atom stereocenters. The van der Waals surface area contributed by atoms with Crippen molar-refractivity contribution in [2.24, 2.45) is 0 Å². The molecule has 0 spiro atoms. The third-order valence-electron chi connectivity index (χ3n) is 1.07. The molecular formula is C7H5BrF2OS. The molecule has 0 saturated heterocycles. The molecule has 0 bridgehead atoms. The highest BCUT2D eigenvalue weighted by molar-refractivity contribution is 9.50. The molecule has 0 radical (unpaired) electrons. The Labute approximate surface area is 80.3 Å². The molecule has 0 heterocycles. The first kappa shape index (κ1) is 9.80. The summed E-state index contributed by atoms with van der Waals surface area (Å²) >= 11 is 2.57. The first-order valence-corrected chi connectivity index (χ1v) is 5.71. The molecule has 66 valence electrons. The monoisotopic (exact) mass is 254 g/mol. The van der Waals surface area contributed by atoms with Crippen LogP contribution in [0.25, 0.3) is 0 Å². The molecule has 0 fully saturated rings. The maximum atomic E-state index is 12.5. The average molecular weight is 255 g/mol. The predicted octanol–water partition coefficient (Wildman–Crippen LogP) is 3.66. The van der Waals surface area contributed by atoms with E-state index in [9.17, 15) is 8.78 Å². The van der Waals surface area contributed by atoms with E-state index in [2.05, 4.69) is 19.5 Å². The molecule has 1 rings (SSSR count). The van der Waals surface area contributed by atoms with Crippen LogP contribution in [-0.2, 0) is 0 Å². The van der Waals surface area contributed by atoms with E-state index < -0.39 is 5.44 Å². The van der Waals surface area contributed by atoms with Crippen molar-refractivity contribution in [1.29, 1.82) is 0 Å². The molecular weight excluding hydrogens is 250 g/mol. The van der Waals surface area contributed by atoms with Crippen molar-refractivity contribution in [3.05, 3.63) is 30.3 Å². The lowest BCUT2D eigenvalue weighted by atomic mass is 10.3. The van der Waals surface area contributed by atoms with Crippen molar-refractivity contribution in [1.82, 2.24) is 0 Å². The second kappa shape index (κ2) is 4.09. The van der Waals surface area contributed by atoms with E-state index in [-0.39, 0.29) is 15.9 Å². The van der Waals surface area contributed by atoms with Crippen LogP contribution in [-0.4, -0.2) is 5.44 Å². The Morgan fingerprint density at radius 1 is 1.25 bits per heavy atom. The zero-order valence-electron chi connectivity index (χ0n) is 5.84. The number of ether oxygens (including phenoxy) is 1. The van der Waals surface area contributed by atoms with Gasteiger partial charge in [-0.25, -0.2) is 0 Å². The van der Waals surface area contributed by atoms with Gasteiger partial charge in [-0.15, -0.1) is 0 Å². The molecule has 0 amide bonds. The van der Waals surface area contributed by atoms with Crippen LogP contribution in [0, 0.1) is 0 Å². The van der Waals surface area contributed by atoms with Gasteiger partial charge in [0.1, 0.15) is 5.75 Å². The number of halogens is 3. The lowest BCUT2D eigenvalue weighted by molar-refractivity contribution is -0.0862. The standard InChI is InChI=1S/C7H5BrF2OS/c8-12-7(9,10)11-6-4-2-1-3-5-6/h1-5H. The third kappa shape index (κ3) is 2.98. The van der Waals surface area contributed by atoms with E-state index in [1.54, 1.807) is 18.2 Å². The zero-order chi connectivity index (χ0) is 9.03. The molecule has 0 aliphatic carbocycles. The van der Waals surface area contributed by atoms with E-state index >= 15 is 0 Å². The second-order valence-electron chi connectivity index (χ2n) is 1.96. The average Bonchev–Trinajstić information content (AvgIpc) is 2.06. The van der Waals surface area contributed by atoms with Crippen LogP contribution in [0.15, 0.2) is 30.3 Å². The third-order valence-corrected chi connectivity index (χ3v) is 2.46. The highest BCUT2D eigenvalue weighted by atomic mass is 79.9. The van der Waals surface area contributed by atoms with Crippen LogP contribution >= 0.6 is 25.0 Å². The number of hydrogen-bond donors (Lipinski definition) is 0. The number of rotatable bonds is 3. The van der Waals surface area contributed by atoms with Crippen molar-refractivity contribution in [3.63, 3.8) is 0 Å². The van der Waals surface area contributed by atoms with Gasteiger partial charge in [0, 0.05) is 10.2 Å². The number of benzene rings is 1. The van der Waals surface area contributed by atoms with E-state index in [4.69, 9.17) is 0 Å². The minimum Gasteiger partial charge on any atom is -0.424 e. The topological polar surface area (TPSA) is 9.23 Å².